The molecule has 0 amide bonds. The minimum Gasteiger partial charge on any atom is -0.497 e. The maximum absolute atomic E-state index is 5.50. The summed E-state index contributed by atoms with van der Waals surface area (Å²) in [5.74, 6) is 0.904. The lowest BCUT2D eigenvalue weighted by Gasteiger charge is -2.26. The molecule has 1 saturated heterocycles. The first-order chi connectivity index (χ1) is 9.33. The molecule has 1 aliphatic rings. The second-order valence-corrected chi connectivity index (χ2v) is 4.88. The van der Waals surface area contributed by atoms with Crippen LogP contribution in [0.25, 0.3) is 0 Å². The minimum absolute atomic E-state index is 0.351. The van der Waals surface area contributed by atoms with Gasteiger partial charge in [-0.3, -0.25) is 4.90 Å². The van der Waals surface area contributed by atoms with Crippen LogP contribution in [0.5, 0.6) is 5.75 Å². The molecule has 1 unspecified atom stereocenters. The van der Waals surface area contributed by atoms with Gasteiger partial charge < -0.3 is 14.8 Å². The maximum Gasteiger partial charge on any atom is 0.118 e. The van der Waals surface area contributed by atoms with E-state index < -0.39 is 0 Å². The average molecular weight is 264 g/mol. The molecule has 1 atom stereocenters. The highest BCUT2D eigenvalue weighted by Crippen LogP contribution is 2.18. The summed E-state index contributed by atoms with van der Waals surface area (Å²) in [6.45, 7) is 4.90. The molecular weight excluding hydrogens is 240 g/mol. The highest BCUT2D eigenvalue weighted by molar-refractivity contribution is 5.29. The quantitative estimate of drug-likeness (QED) is 0.877. The zero-order valence-corrected chi connectivity index (χ0v) is 11.9. The van der Waals surface area contributed by atoms with Crippen LogP contribution in [0.15, 0.2) is 24.3 Å². The van der Waals surface area contributed by atoms with Gasteiger partial charge in [-0.1, -0.05) is 12.1 Å². The van der Waals surface area contributed by atoms with Crippen LogP contribution in [0, 0.1) is 0 Å². The number of ether oxygens (including phenoxy) is 2. The largest absolute Gasteiger partial charge is 0.497 e. The molecule has 2 rings (SSSR count). The Labute approximate surface area is 115 Å². The number of methoxy groups -OCH3 is 1. The number of likely N-dealkylation sites (N-methyl/N-ethyl adjacent to an activating group) is 1. The fourth-order valence-electron chi connectivity index (χ4n) is 2.44. The summed E-state index contributed by atoms with van der Waals surface area (Å²) in [6.07, 6.45) is 1.12. The summed E-state index contributed by atoms with van der Waals surface area (Å²) in [4.78, 5) is 2.47. The monoisotopic (exact) mass is 264 g/mol. The van der Waals surface area contributed by atoms with Crippen LogP contribution in [-0.2, 0) is 4.74 Å². The first-order valence-corrected chi connectivity index (χ1v) is 6.95. The Balaban J connectivity index is 1.97. The smallest absolute Gasteiger partial charge is 0.118 e. The van der Waals surface area contributed by atoms with Gasteiger partial charge in [-0.2, -0.15) is 0 Å². The number of benzene rings is 1. The van der Waals surface area contributed by atoms with E-state index in [0.717, 1.165) is 45.0 Å². The fraction of sp³-hybridized carbons (Fsp3) is 0.600. The predicted octanol–water partition coefficient (Wildman–Crippen LogP) is 1.68. The van der Waals surface area contributed by atoms with Crippen LogP contribution in [0.2, 0.25) is 0 Å². The normalized spacial score (nSPS) is 18.8. The fourth-order valence-corrected chi connectivity index (χ4v) is 2.44. The van der Waals surface area contributed by atoms with E-state index in [9.17, 15) is 0 Å². The highest BCUT2D eigenvalue weighted by Gasteiger charge is 2.16. The molecule has 1 aliphatic heterocycles. The van der Waals surface area contributed by atoms with Crippen LogP contribution in [0.3, 0.4) is 0 Å². The highest BCUT2D eigenvalue weighted by atomic mass is 16.5. The summed E-state index contributed by atoms with van der Waals surface area (Å²) >= 11 is 0. The van der Waals surface area contributed by atoms with Crippen molar-refractivity contribution in [3.8, 4) is 5.75 Å². The van der Waals surface area contributed by atoms with E-state index in [1.54, 1.807) is 7.11 Å². The van der Waals surface area contributed by atoms with Crippen molar-refractivity contribution in [2.75, 3.05) is 47.0 Å². The lowest BCUT2D eigenvalue weighted by Crippen LogP contribution is -2.35. The standard InChI is InChI=1S/C15H24N2O2/c1-16-15(12-17-8-3-10-19-11-9-17)13-4-6-14(18-2)7-5-13/h4-7,15-16H,3,8-12H2,1-2H3. The van der Waals surface area contributed by atoms with Crippen molar-refractivity contribution in [3.05, 3.63) is 29.8 Å². The van der Waals surface area contributed by atoms with Crippen molar-refractivity contribution in [1.29, 1.82) is 0 Å². The Bertz CT molecular complexity index is 359. The molecule has 0 bridgehead atoms. The average Bonchev–Trinajstić information content (AvgIpc) is 2.73. The van der Waals surface area contributed by atoms with Crippen molar-refractivity contribution >= 4 is 0 Å². The summed E-state index contributed by atoms with van der Waals surface area (Å²) in [5.41, 5.74) is 1.30. The zero-order valence-electron chi connectivity index (χ0n) is 11.9. The molecule has 1 N–H and O–H groups in total. The molecule has 0 aromatic heterocycles. The molecule has 0 aliphatic carbocycles. The molecule has 1 heterocycles. The molecule has 0 spiro atoms. The molecule has 1 aromatic rings. The number of hydrogen-bond acceptors (Lipinski definition) is 4. The molecule has 4 heteroatoms. The molecule has 1 fully saturated rings. The van der Waals surface area contributed by atoms with Gasteiger partial charge >= 0.3 is 0 Å². The molecule has 1 aromatic carbocycles. The Morgan fingerprint density at radius 2 is 2.05 bits per heavy atom. The molecule has 4 nitrogen and oxygen atoms in total. The van der Waals surface area contributed by atoms with Gasteiger partial charge in [-0.15, -0.1) is 0 Å². The topological polar surface area (TPSA) is 33.7 Å². The summed E-state index contributed by atoms with van der Waals surface area (Å²) in [5, 5.41) is 3.40. The summed E-state index contributed by atoms with van der Waals surface area (Å²) in [6, 6.07) is 8.66. The Morgan fingerprint density at radius 1 is 1.26 bits per heavy atom. The number of nitrogens with one attached hydrogen (secondary N) is 1. The van der Waals surface area contributed by atoms with Gasteiger partial charge in [-0.25, -0.2) is 0 Å². The van der Waals surface area contributed by atoms with Crippen molar-refractivity contribution < 1.29 is 9.47 Å². The molecular formula is C15H24N2O2. The summed E-state index contributed by atoms with van der Waals surface area (Å²) in [7, 11) is 3.71. The summed E-state index contributed by atoms with van der Waals surface area (Å²) < 4.78 is 10.7. The zero-order chi connectivity index (χ0) is 13.5. The molecule has 0 saturated carbocycles. The number of nitrogens with zero attached hydrogens (tertiary/aromatic N) is 1. The lowest BCUT2D eigenvalue weighted by molar-refractivity contribution is 0.139. The van der Waals surface area contributed by atoms with E-state index in [0.29, 0.717) is 6.04 Å². The maximum atomic E-state index is 5.50. The van der Waals surface area contributed by atoms with Crippen molar-refractivity contribution in [1.82, 2.24) is 10.2 Å². The minimum atomic E-state index is 0.351. The third-order valence-corrected chi connectivity index (χ3v) is 3.62. The van der Waals surface area contributed by atoms with Crippen LogP contribution in [0.1, 0.15) is 18.0 Å². The van der Waals surface area contributed by atoms with Gasteiger partial charge in [0.05, 0.1) is 13.7 Å². The van der Waals surface area contributed by atoms with Gasteiger partial charge in [0, 0.05) is 32.3 Å². The van der Waals surface area contributed by atoms with Crippen LogP contribution in [0.4, 0.5) is 0 Å². The van der Waals surface area contributed by atoms with Crippen LogP contribution < -0.4 is 10.1 Å². The Kier molecular flexibility index (Phi) is 5.63. The second kappa shape index (κ2) is 7.48. The van der Waals surface area contributed by atoms with E-state index in [4.69, 9.17) is 9.47 Å². The Hall–Kier alpha value is -1.10. The van der Waals surface area contributed by atoms with Gasteiger partial charge in [0.2, 0.25) is 0 Å². The van der Waals surface area contributed by atoms with Crippen molar-refractivity contribution in [2.24, 2.45) is 0 Å². The molecule has 0 radical (unpaired) electrons. The first-order valence-electron chi connectivity index (χ1n) is 6.95. The first kappa shape index (κ1) is 14.3. The van der Waals surface area contributed by atoms with E-state index in [1.807, 2.05) is 19.2 Å². The number of rotatable bonds is 5. The predicted molar refractivity (Wildman–Crippen MR) is 76.7 cm³/mol. The van der Waals surface area contributed by atoms with Gasteiger partial charge in [0.25, 0.3) is 0 Å². The van der Waals surface area contributed by atoms with Gasteiger partial charge in [-0.05, 0) is 31.2 Å². The molecule has 19 heavy (non-hydrogen) atoms. The lowest BCUT2D eigenvalue weighted by atomic mass is 10.1. The van der Waals surface area contributed by atoms with Crippen LogP contribution >= 0.6 is 0 Å². The molecule has 106 valence electrons. The van der Waals surface area contributed by atoms with E-state index >= 15 is 0 Å². The SMILES string of the molecule is CNC(CN1CCCOCC1)c1ccc(OC)cc1. The van der Waals surface area contributed by atoms with Crippen LogP contribution in [-0.4, -0.2) is 51.9 Å². The third kappa shape index (κ3) is 4.20. The van der Waals surface area contributed by atoms with Gasteiger partial charge in [0.15, 0.2) is 0 Å². The van der Waals surface area contributed by atoms with Gasteiger partial charge in [0.1, 0.15) is 5.75 Å². The van der Waals surface area contributed by atoms with E-state index in [2.05, 4.69) is 22.3 Å². The van der Waals surface area contributed by atoms with E-state index in [-0.39, 0.29) is 0 Å². The number of hydrogen-bond donors (Lipinski definition) is 1. The van der Waals surface area contributed by atoms with Crippen molar-refractivity contribution in [3.63, 3.8) is 0 Å². The third-order valence-electron chi connectivity index (χ3n) is 3.62. The second-order valence-electron chi connectivity index (χ2n) is 4.88. The van der Waals surface area contributed by atoms with Crippen molar-refractivity contribution in [2.45, 2.75) is 12.5 Å². The van der Waals surface area contributed by atoms with E-state index in [1.165, 1.54) is 5.56 Å². The Morgan fingerprint density at radius 3 is 2.74 bits per heavy atom.